The highest BCUT2D eigenvalue weighted by atomic mass is 32.1. The Balaban J connectivity index is 2.13. The Morgan fingerprint density at radius 2 is 2.15 bits per heavy atom. The van der Waals surface area contributed by atoms with Crippen LogP contribution in [0.25, 0.3) is 0 Å². The molecule has 0 aliphatic heterocycles. The molecule has 1 aromatic heterocycles. The lowest BCUT2D eigenvalue weighted by atomic mass is 10.1. The third-order valence-electron chi connectivity index (χ3n) is 2.92. The van der Waals surface area contributed by atoms with Crippen molar-refractivity contribution in [2.45, 2.75) is 13.0 Å². The standard InChI is InChI=1S/C14H15N3O2S/c1-9(12-5-6-20-8-12)16-14(18)11-4-2-3-10(7-11)13(15)17-19/h2-9,19H,1H3,(H2,15,17)(H,16,18). The van der Waals surface area contributed by atoms with Gasteiger partial charge in [0.1, 0.15) is 0 Å². The number of nitrogens with one attached hydrogen (secondary N) is 1. The fourth-order valence-electron chi connectivity index (χ4n) is 1.76. The molecule has 4 N–H and O–H groups in total. The summed E-state index contributed by atoms with van der Waals surface area (Å²) in [4.78, 5) is 12.2. The third kappa shape index (κ3) is 3.16. The Kier molecular flexibility index (Phi) is 4.37. The first-order valence-electron chi connectivity index (χ1n) is 6.02. The second-order valence-corrected chi connectivity index (χ2v) is 5.10. The largest absolute Gasteiger partial charge is 0.409 e. The summed E-state index contributed by atoms with van der Waals surface area (Å²) in [5.41, 5.74) is 7.55. The van der Waals surface area contributed by atoms with E-state index in [-0.39, 0.29) is 17.8 Å². The van der Waals surface area contributed by atoms with Crippen LogP contribution in [-0.4, -0.2) is 17.0 Å². The van der Waals surface area contributed by atoms with Crippen LogP contribution in [0, 0.1) is 0 Å². The maximum Gasteiger partial charge on any atom is 0.251 e. The van der Waals surface area contributed by atoms with Crippen molar-refractivity contribution in [3.05, 3.63) is 57.8 Å². The topological polar surface area (TPSA) is 87.7 Å². The van der Waals surface area contributed by atoms with Crippen molar-refractivity contribution in [2.75, 3.05) is 0 Å². The second kappa shape index (κ2) is 6.21. The van der Waals surface area contributed by atoms with Gasteiger partial charge >= 0.3 is 0 Å². The highest BCUT2D eigenvalue weighted by Gasteiger charge is 2.12. The maximum atomic E-state index is 12.2. The van der Waals surface area contributed by atoms with E-state index in [1.165, 1.54) is 0 Å². The van der Waals surface area contributed by atoms with E-state index in [1.807, 2.05) is 23.8 Å². The maximum absolute atomic E-state index is 12.2. The van der Waals surface area contributed by atoms with Crippen molar-refractivity contribution in [3.8, 4) is 0 Å². The summed E-state index contributed by atoms with van der Waals surface area (Å²) in [5.74, 6) is -0.221. The molecule has 0 saturated carbocycles. The van der Waals surface area contributed by atoms with Crippen LogP contribution in [0.15, 0.2) is 46.2 Å². The summed E-state index contributed by atoms with van der Waals surface area (Å²) in [6.45, 7) is 1.92. The normalized spacial score (nSPS) is 12.9. The second-order valence-electron chi connectivity index (χ2n) is 4.32. The molecule has 0 fully saturated rings. The van der Waals surface area contributed by atoms with Gasteiger partial charge in [-0.2, -0.15) is 11.3 Å². The van der Waals surface area contributed by atoms with Crippen LogP contribution in [0.5, 0.6) is 0 Å². The number of oxime groups is 1. The molecule has 104 valence electrons. The molecule has 0 aliphatic carbocycles. The molecule has 5 nitrogen and oxygen atoms in total. The van der Waals surface area contributed by atoms with Gasteiger partial charge in [-0.1, -0.05) is 17.3 Å². The van der Waals surface area contributed by atoms with Crippen LogP contribution >= 0.6 is 11.3 Å². The van der Waals surface area contributed by atoms with Crippen molar-refractivity contribution in [2.24, 2.45) is 10.9 Å². The van der Waals surface area contributed by atoms with Crippen molar-refractivity contribution in [1.82, 2.24) is 5.32 Å². The van der Waals surface area contributed by atoms with Crippen molar-refractivity contribution < 1.29 is 10.0 Å². The smallest absolute Gasteiger partial charge is 0.251 e. The van der Waals surface area contributed by atoms with E-state index in [2.05, 4.69) is 10.5 Å². The molecule has 1 aromatic carbocycles. The molecule has 2 aromatic rings. The molecule has 0 radical (unpaired) electrons. The number of benzene rings is 1. The molecular formula is C14H15N3O2S. The van der Waals surface area contributed by atoms with Gasteiger partial charge < -0.3 is 16.3 Å². The van der Waals surface area contributed by atoms with Crippen molar-refractivity contribution in [3.63, 3.8) is 0 Å². The molecule has 0 aliphatic rings. The van der Waals surface area contributed by atoms with E-state index in [0.717, 1.165) is 5.56 Å². The van der Waals surface area contributed by atoms with Gasteiger partial charge in [0, 0.05) is 11.1 Å². The monoisotopic (exact) mass is 289 g/mol. The van der Waals surface area contributed by atoms with Gasteiger partial charge in [0.15, 0.2) is 5.84 Å². The number of rotatable bonds is 4. The number of carbonyl (C=O) groups excluding carboxylic acids is 1. The summed E-state index contributed by atoms with van der Waals surface area (Å²) in [7, 11) is 0. The molecule has 0 saturated heterocycles. The molecule has 1 heterocycles. The van der Waals surface area contributed by atoms with Gasteiger partial charge in [-0.3, -0.25) is 4.79 Å². The number of nitrogens with zero attached hydrogens (tertiary/aromatic N) is 1. The summed E-state index contributed by atoms with van der Waals surface area (Å²) >= 11 is 1.59. The van der Waals surface area contributed by atoms with Crippen molar-refractivity contribution in [1.29, 1.82) is 0 Å². The first-order chi connectivity index (χ1) is 9.61. The highest BCUT2D eigenvalue weighted by molar-refractivity contribution is 7.07. The van der Waals surface area contributed by atoms with Crippen molar-refractivity contribution >= 4 is 23.1 Å². The van der Waals surface area contributed by atoms with Crippen LogP contribution in [0.4, 0.5) is 0 Å². The number of hydrogen-bond donors (Lipinski definition) is 3. The van der Waals surface area contributed by atoms with Crippen LogP contribution < -0.4 is 11.1 Å². The lowest BCUT2D eigenvalue weighted by molar-refractivity contribution is 0.0940. The number of thiophene rings is 1. The van der Waals surface area contributed by atoms with Gasteiger partial charge in [-0.05, 0) is 41.4 Å². The summed E-state index contributed by atoms with van der Waals surface area (Å²) in [6, 6.07) is 8.55. The zero-order valence-corrected chi connectivity index (χ0v) is 11.7. The van der Waals surface area contributed by atoms with Crippen LogP contribution in [0.1, 0.15) is 34.5 Å². The van der Waals surface area contributed by atoms with Gasteiger partial charge in [0.2, 0.25) is 0 Å². The molecule has 6 heteroatoms. The number of hydrogen-bond acceptors (Lipinski definition) is 4. The molecule has 1 atom stereocenters. The van der Waals surface area contributed by atoms with Crippen LogP contribution in [0.3, 0.4) is 0 Å². The first-order valence-corrected chi connectivity index (χ1v) is 6.97. The predicted octanol–water partition coefficient (Wildman–Crippen LogP) is 2.33. The van der Waals surface area contributed by atoms with Gasteiger partial charge in [0.25, 0.3) is 5.91 Å². The zero-order chi connectivity index (χ0) is 14.5. The Bertz CT molecular complexity index is 623. The quantitative estimate of drug-likeness (QED) is 0.349. The average molecular weight is 289 g/mol. The van der Waals surface area contributed by atoms with E-state index < -0.39 is 0 Å². The molecule has 0 bridgehead atoms. The van der Waals surface area contributed by atoms with E-state index in [9.17, 15) is 4.79 Å². The molecule has 20 heavy (non-hydrogen) atoms. The Hall–Kier alpha value is -2.34. The Labute approximate surface area is 120 Å². The minimum Gasteiger partial charge on any atom is -0.409 e. The summed E-state index contributed by atoms with van der Waals surface area (Å²) in [5, 5.41) is 18.5. The number of amides is 1. The van der Waals surface area contributed by atoms with Gasteiger partial charge in [-0.15, -0.1) is 0 Å². The van der Waals surface area contributed by atoms with E-state index in [0.29, 0.717) is 11.1 Å². The van der Waals surface area contributed by atoms with E-state index >= 15 is 0 Å². The SMILES string of the molecule is CC(NC(=O)c1cccc(C(N)=NO)c1)c1ccsc1. The van der Waals surface area contributed by atoms with E-state index in [1.54, 1.807) is 35.6 Å². The molecule has 1 unspecified atom stereocenters. The first kappa shape index (κ1) is 14.1. The number of amidine groups is 1. The fourth-order valence-corrected chi connectivity index (χ4v) is 2.52. The predicted molar refractivity (Wildman–Crippen MR) is 79.2 cm³/mol. The molecule has 2 rings (SSSR count). The van der Waals surface area contributed by atoms with Gasteiger partial charge in [0.05, 0.1) is 6.04 Å². The lowest BCUT2D eigenvalue weighted by Gasteiger charge is -2.13. The molecule has 1 amide bonds. The highest BCUT2D eigenvalue weighted by Crippen LogP contribution is 2.16. The zero-order valence-electron chi connectivity index (χ0n) is 10.9. The number of carbonyl (C=O) groups is 1. The van der Waals surface area contributed by atoms with Crippen LogP contribution in [0.2, 0.25) is 0 Å². The lowest BCUT2D eigenvalue weighted by Crippen LogP contribution is -2.26. The molecule has 0 spiro atoms. The Morgan fingerprint density at radius 3 is 2.80 bits per heavy atom. The van der Waals surface area contributed by atoms with Crippen LogP contribution in [-0.2, 0) is 0 Å². The summed E-state index contributed by atoms with van der Waals surface area (Å²) < 4.78 is 0. The minimum atomic E-state index is -0.198. The van der Waals surface area contributed by atoms with E-state index in [4.69, 9.17) is 10.9 Å². The molecular weight excluding hydrogens is 274 g/mol. The fraction of sp³-hybridized carbons (Fsp3) is 0.143. The van der Waals surface area contributed by atoms with Gasteiger partial charge in [-0.25, -0.2) is 0 Å². The average Bonchev–Trinajstić information content (AvgIpc) is 3.00. The number of nitrogens with two attached hydrogens (primary N) is 1. The Morgan fingerprint density at radius 1 is 1.40 bits per heavy atom. The third-order valence-corrected chi connectivity index (χ3v) is 3.62. The summed E-state index contributed by atoms with van der Waals surface area (Å²) in [6.07, 6.45) is 0. The minimum absolute atomic E-state index is 0.0227.